The molecule has 2 N–H and O–H groups in total. The third-order valence-electron chi connectivity index (χ3n) is 7.72. The molecule has 1 aromatic carbocycles. The molecule has 2 aliphatic heterocycles. The number of carbonyl (C=O) groups excluding carboxylic acids is 2. The number of hydrogen-bond donors (Lipinski definition) is 2. The van der Waals surface area contributed by atoms with Crippen LogP contribution in [0.25, 0.3) is 11.1 Å². The fourth-order valence-electron chi connectivity index (χ4n) is 5.38. The molecule has 7 rings (SSSR count). The summed E-state index contributed by atoms with van der Waals surface area (Å²) in [6.07, 6.45) is 4.92. The highest BCUT2D eigenvalue weighted by Gasteiger charge is 2.51. The van der Waals surface area contributed by atoms with Crippen LogP contribution in [0.2, 0.25) is 0 Å². The molecule has 246 valence electrons. The topological polar surface area (TPSA) is 152 Å². The Labute approximate surface area is 275 Å². The van der Waals surface area contributed by atoms with Gasteiger partial charge in [-0.25, -0.2) is 28.7 Å². The summed E-state index contributed by atoms with van der Waals surface area (Å²) in [5.74, 6) is -3.50. The molecule has 17 heteroatoms. The van der Waals surface area contributed by atoms with E-state index in [-0.39, 0.29) is 45.7 Å². The van der Waals surface area contributed by atoms with Crippen LogP contribution in [0.5, 0.6) is 5.75 Å². The minimum Gasteiger partial charge on any atom is -0.423 e. The Bertz CT molecular complexity index is 2000. The van der Waals surface area contributed by atoms with Crippen LogP contribution in [0, 0.1) is 17.6 Å². The van der Waals surface area contributed by atoms with E-state index in [1.54, 1.807) is 13.2 Å². The molecule has 4 aromatic rings. The van der Waals surface area contributed by atoms with Gasteiger partial charge < -0.3 is 10.5 Å². The van der Waals surface area contributed by atoms with Crippen molar-refractivity contribution in [2.45, 2.75) is 38.8 Å². The van der Waals surface area contributed by atoms with Gasteiger partial charge in [0.05, 0.1) is 48.8 Å². The quantitative estimate of drug-likeness (QED) is 0.167. The van der Waals surface area contributed by atoms with Crippen LogP contribution >= 0.6 is 12.6 Å². The molecule has 0 atom stereocenters. The molecule has 1 saturated carbocycles. The Morgan fingerprint density at radius 2 is 1.73 bits per heavy atom. The van der Waals surface area contributed by atoms with Gasteiger partial charge in [-0.2, -0.15) is 21.4 Å². The number of rotatable bonds is 7. The summed E-state index contributed by atoms with van der Waals surface area (Å²) in [6, 6.07) is 4.18. The summed E-state index contributed by atoms with van der Waals surface area (Å²) in [6.45, 7) is 1.17. The minimum atomic E-state index is -4.25. The van der Waals surface area contributed by atoms with E-state index in [0.717, 1.165) is 42.5 Å². The van der Waals surface area contributed by atoms with Gasteiger partial charge in [-0.3, -0.25) is 14.5 Å². The van der Waals surface area contributed by atoms with Crippen molar-refractivity contribution in [1.29, 1.82) is 0 Å². The molecule has 5 heterocycles. The number of ether oxygens (including phenoxy) is 1. The van der Waals surface area contributed by atoms with E-state index in [0.29, 0.717) is 29.2 Å². The van der Waals surface area contributed by atoms with E-state index in [1.807, 2.05) is 0 Å². The molecule has 0 radical (unpaired) electrons. The summed E-state index contributed by atoms with van der Waals surface area (Å²) in [4.78, 5) is 46.9. The second-order valence-electron chi connectivity index (χ2n) is 10.9. The van der Waals surface area contributed by atoms with Gasteiger partial charge >= 0.3 is 17.8 Å². The average Bonchev–Trinajstić information content (AvgIpc) is 3.79. The Balaban J connectivity index is 0.00000197. The first-order valence-electron chi connectivity index (χ1n) is 14.5. The number of amides is 2. The minimum absolute atomic E-state index is 0.0231. The smallest absolute Gasteiger partial charge is 0.423 e. The lowest BCUT2D eigenvalue weighted by molar-refractivity contribution is -0.445. The third kappa shape index (κ3) is 6.08. The van der Waals surface area contributed by atoms with Gasteiger partial charge in [-0.05, 0) is 47.7 Å². The lowest BCUT2D eigenvalue weighted by Gasteiger charge is -2.33. The molecule has 48 heavy (non-hydrogen) atoms. The highest BCUT2D eigenvalue weighted by atomic mass is 32.1. The molecule has 3 aliphatic rings. The number of hydrazone groups is 1. The number of benzene rings is 1. The number of nitrogens with two attached hydrogens (primary N) is 1. The van der Waals surface area contributed by atoms with Crippen LogP contribution in [0.4, 0.5) is 29.1 Å². The highest BCUT2D eigenvalue weighted by Crippen LogP contribution is 2.45. The molecule has 0 bridgehead atoms. The number of fused-ring (bicyclic) bond motifs is 2. The van der Waals surface area contributed by atoms with Crippen molar-refractivity contribution in [3.8, 4) is 16.9 Å². The maximum atomic E-state index is 14.9. The highest BCUT2D eigenvalue weighted by molar-refractivity contribution is 7.79. The number of aromatic nitrogens is 5. The predicted octanol–water partition coefficient (Wildman–Crippen LogP) is 4.22. The van der Waals surface area contributed by atoms with E-state index in [4.69, 9.17) is 15.5 Å². The zero-order valence-corrected chi connectivity index (χ0v) is 26.3. The molecular formula is C31H26F4N9O3S+. The molecule has 1 fully saturated rings. The first kappa shape index (κ1) is 32.6. The van der Waals surface area contributed by atoms with Gasteiger partial charge in [-0.1, -0.05) is 15.9 Å². The number of halogens is 4. The van der Waals surface area contributed by atoms with E-state index in [2.05, 4.69) is 37.7 Å². The number of carbonyl (C=O) groups is 2. The maximum Gasteiger partial charge on any atom is 0.482 e. The summed E-state index contributed by atoms with van der Waals surface area (Å²) in [5, 5.41) is 4.45. The van der Waals surface area contributed by atoms with E-state index in [9.17, 15) is 27.2 Å². The standard InChI is InChI=1S/C30H21F4N9O3.CH4S/c1-14(27-38-10-18(32)11-39-27)43-28-19(12-40-43)24(25(26(35)44)20(41-28)6-15-2-3-15)16-4-5-21-22(7-16)46-30(33,34)29(45)42(21)13-23-36-8-17(31)9-37-23;1-2/h4-5,7-12,15H,2-3,6,13H2,1H3,(H-,35,44);2H,1H3/p+1/b43-14-;. The largest absolute Gasteiger partial charge is 0.482 e. The van der Waals surface area contributed by atoms with Crippen molar-refractivity contribution in [1.82, 2.24) is 24.9 Å². The summed E-state index contributed by atoms with van der Waals surface area (Å²) in [7, 11) is 0. The van der Waals surface area contributed by atoms with Crippen LogP contribution < -0.4 is 15.4 Å². The zero-order chi connectivity index (χ0) is 34.3. The summed E-state index contributed by atoms with van der Waals surface area (Å²) < 4.78 is 63.0. The molecule has 2 amide bonds. The number of nitrogens with zero attached hydrogens (tertiary/aromatic N) is 8. The van der Waals surface area contributed by atoms with E-state index < -0.39 is 36.1 Å². The van der Waals surface area contributed by atoms with Crippen LogP contribution in [0.3, 0.4) is 0 Å². The van der Waals surface area contributed by atoms with Gasteiger partial charge in [0, 0.05) is 18.9 Å². The normalized spacial score (nSPS) is 16.8. The molecule has 0 spiro atoms. The van der Waals surface area contributed by atoms with Crippen molar-refractivity contribution in [2.24, 2.45) is 16.8 Å². The fraction of sp³-hybridized carbons (Fsp3) is 0.258. The van der Waals surface area contributed by atoms with Crippen LogP contribution in [-0.2, 0) is 17.8 Å². The number of hydrogen-bond acceptors (Lipinski definition) is 10. The first-order valence-corrected chi connectivity index (χ1v) is 15.4. The van der Waals surface area contributed by atoms with Gasteiger partial charge in [-0.15, -0.1) is 0 Å². The number of pyridine rings is 1. The summed E-state index contributed by atoms with van der Waals surface area (Å²) in [5.41, 5.74) is 7.66. The molecule has 0 saturated heterocycles. The number of anilines is 1. The second-order valence-corrected chi connectivity index (χ2v) is 10.9. The Morgan fingerprint density at radius 3 is 2.35 bits per heavy atom. The van der Waals surface area contributed by atoms with Gasteiger partial charge in [0.15, 0.2) is 34.6 Å². The Kier molecular flexibility index (Phi) is 8.63. The first-order chi connectivity index (χ1) is 23.0. The van der Waals surface area contributed by atoms with E-state index >= 15 is 0 Å². The fourth-order valence-corrected chi connectivity index (χ4v) is 5.38. The van der Waals surface area contributed by atoms with Crippen LogP contribution in [0.15, 0.2) is 48.1 Å². The number of alkyl halides is 2. The zero-order valence-electron chi connectivity index (χ0n) is 25.4. The van der Waals surface area contributed by atoms with E-state index in [1.165, 1.54) is 29.1 Å². The summed E-state index contributed by atoms with van der Waals surface area (Å²) >= 11 is 3.53. The molecule has 12 nitrogen and oxygen atoms in total. The Hall–Kier alpha value is -5.32. The van der Waals surface area contributed by atoms with Crippen LogP contribution in [-0.4, -0.2) is 65.7 Å². The predicted molar refractivity (Wildman–Crippen MR) is 168 cm³/mol. The Morgan fingerprint density at radius 1 is 1.08 bits per heavy atom. The number of thiol groups is 1. The van der Waals surface area contributed by atoms with Crippen molar-refractivity contribution in [3.05, 3.63) is 83.1 Å². The molecule has 0 unspecified atom stereocenters. The van der Waals surface area contributed by atoms with Crippen molar-refractivity contribution in [2.75, 3.05) is 11.2 Å². The third-order valence-corrected chi connectivity index (χ3v) is 7.72. The maximum absolute atomic E-state index is 14.9. The van der Waals surface area contributed by atoms with Gasteiger partial charge in [0.2, 0.25) is 0 Å². The second kappa shape index (κ2) is 12.7. The lowest BCUT2D eigenvalue weighted by Crippen LogP contribution is -2.50. The van der Waals surface area contributed by atoms with Crippen LogP contribution in [0.1, 0.15) is 53.0 Å². The molecule has 3 aromatic heterocycles. The average molecular weight is 681 g/mol. The SMILES string of the molecule is C/C(c1ncc(F)cn1)=[N+]1/N=Cc2c1nc(CC1CC1)c(C(N)=O)c2-c1ccc2c(c1)OC(F)(F)C(=O)N2Cc1ncc(F)cn1.CS. The lowest BCUT2D eigenvalue weighted by atomic mass is 9.91. The van der Waals surface area contributed by atoms with Crippen molar-refractivity contribution in [3.63, 3.8) is 0 Å². The number of primary amides is 1. The van der Waals surface area contributed by atoms with Crippen molar-refractivity contribution >= 4 is 47.9 Å². The van der Waals surface area contributed by atoms with Crippen molar-refractivity contribution < 1.29 is 36.6 Å². The molecule has 1 aliphatic carbocycles. The van der Waals surface area contributed by atoms with Gasteiger partial charge in [0.1, 0.15) is 11.4 Å². The van der Waals surface area contributed by atoms with Gasteiger partial charge in [0.25, 0.3) is 5.91 Å². The molecular weight excluding hydrogens is 654 g/mol. The monoisotopic (exact) mass is 680 g/mol.